The van der Waals surface area contributed by atoms with E-state index in [1.807, 2.05) is 0 Å². The van der Waals surface area contributed by atoms with Crippen LogP contribution in [0.2, 0.25) is 0 Å². The van der Waals surface area contributed by atoms with E-state index in [0.717, 1.165) is 11.4 Å². The fourth-order valence-electron chi connectivity index (χ4n) is 6.57. The second kappa shape index (κ2) is 12.7. The molecule has 1 N–H and O–H groups in total. The van der Waals surface area contributed by atoms with Gasteiger partial charge in [-0.05, 0) is 103 Å². The largest absolute Gasteiger partial charge is 0.356 e. The zero-order valence-electron chi connectivity index (χ0n) is 26.0. The van der Waals surface area contributed by atoms with E-state index in [0.29, 0.717) is 0 Å². The monoisotopic (exact) mass is 599 g/mol. The molecule has 0 unspecified atom stereocenters. The summed E-state index contributed by atoms with van der Waals surface area (Å²) in [6.07, 6.45) is 0. The van der Waals surface area contributed by atoms with Crippen LogP contribution in [0.25, 0.3) is 66.4 Å². The van der Waals surface area contributed by atoms with Gasteiger partial charge in [-0.25, -0.2) is 0 Å². The third kappa shape index (κ3) is 5.83. The summed E-state index contributed by atoms with van der Waals surface area (Å²) in [4.78, 5) is 0. The quantitative estimate of drug-likeness (QED) is 0.192. The molecule has 0 radical (unpaired) electrons. The first-order valence-electron chi connectivity index (χ1n) is 16.1. The molecule has 0 saturated carbocycles. The van der Waals surface area contributed by atoms with Crippen molar-refractivity contribution in [2.45, 2.75) is 0 Å². The first kappa shape index (κ1) is 28.3. The Balaban J connectivity index is 1.21. The molecule has 8 aromatic carbocycles. The lowest BCUT2D eigenvalue weighted by molar-refractivity contribution is 1.52. The van der Waals surface area contributed by atoms with E-state index in [1.165, 1.54) is 66.4 Å². The third-order valence-electron chi connectivity index (χ3n) is 8.84. The van der Waals surface area contributed by atoms with Gasteiger partial charge in [-0.15, -0.1) is 0 Å². The van der Waals surface area contributed by atoms with Crippen molar-refractivity contribution in [2.75, 3.05) is 5.32 Å². The van der Waals surface area contributed by atoms with Crippen LogP contribution in [-0.4, -0.2) is 0 Å². The molecule has 0 fully saturated rings. The van der Waals surface area contributed by atoms with Gasteiger partial charge in [-0.2, -0.15) is 0 Å². The van der Waals surface area contributed by atoms with Gasteiger partial charge in [-0.1, -0.05) is 158 Å². The molecule has 1 nitrogen and oxygen atoms in total. The molecular weight excluding hydrogens is 567 g/mol. The van der Waals surface area contributed by atoms with Crippen molar-refractivity contribution >= 4 is 22.1 Å². The molecule has 8 aromatic rings. The molecule has 0 aliphatic heterocycles. The summed E-state index contributed by atoms with van der Waals surface area (Å²) in [5, 5.41) is 6.21. The van der Waals surface area contributed by atoms with Crippen molar-refractivity contribution in [3.8, 4) is 55.6 Å². The second-order valence-corrected chi connectivity index (χ2v) is 11.9. The molecule has 0 atom stereocenters. The number of fused-ring (bicyclic) bond motifs is 1. The molecule has 1 heteroatoms. The number of anilines is 2. The highest BCUT2D eigenvalue weighted by Crippen LogP contribution is 2.44. The minimum atomic E-state index is 1.05. The Bertz CT molecular complexity index is 2220. The van der Waals surface area contributed by atoms with Gasteiger partial charge < -0.3 is 5.32 Å². The minimum absolute atomic E-state index is 1.05. The van der Waals surface area contributed by atoms with E-state index in [1.54, 1.807) is 0 Å². The van der Waals surface area contributed by atoms with Gasteiger partial charge in [0, 0.05) is 11.4 Å². The van der Waals surface area contributed by atoms with Gasteiger partial charge in [0.25, 0.3) is 0 Å². The number of nitrogens with one attached hydrogen (secondary N) is 1. The van der Waals surface area contributed by atoms with E-state index < -0.39 is 0 Å². The molecule has 0 saturated heterocycles. The maximum absolute atomic E-state index is 3.69. The van der Waals surface area contributed by atoms with E-state index >= 15 is 0 Å². The summed E-state index contributed by atoms with van der Waals surface area (Å²) in [5.41, 5.74) is 14.2. The fraction of sp³-hybridized carbons (Fsp3) is 0. The van der Waals surface area contributed by atoms with Gasteiger partial charge >= 0.3 is 0 Å². The lowest BCUT2D eigenvalue weighted by atomic mass is 9.84. The first-order chi connectivity index (χ1) is 23.3. The van der Waals surface area contributed by atoms with Crippen LogP contribution >= 0.6 is 0 Å². The van der Waals surface area contributed by atoms with Gasteiger partial charge in [0.15, 0.2) is 0 Å². The van der Waals surface area contributed by atoms with Gasteiger partial charge in [0.05, 0.1) is 0 Å². The Hall–Kier alpha value is -6.18. The van der Waals surface area contributed by atoms with Crippen LogP contribution in [0.15, 0.2) is 194 Å². The summed E-state index contributed by atoms with van der Waals surface area (Å²) >= 11 is 0. The van der Waals surface area contributed by atoms with Crippen LogP contribution in [0.4, 0.5) is 11.4 Å². The van der Waals surface area contributed by atoms with Crippen molar-refractivity contribution < 1.29 is 0 Å². The van der Waals surface area contributed by atoms with Gasteiger partial charge in [0.2, 0.25) is 0 Å². The third-order valence-corrected chi connectivity index (χ3v) is 8.84. The highest BCUT2D eigenvalue weighted by Gasteiger charge is 2.17. The van der Waals surface area contributed by atoms with Crippen LogP contribution < -0.4 is 5.32 Å². The molecule has 0 aliphatic carbocycles. The highest BCUT2D eigenvalue weighted by atomic mass is 14.9. The number of rotatable bonds is 7. The fourth-order valence-corrected chi connectivity index (χ4v) is 6.57. The Morgan fingerprint density at radius 2 is 0.787 bits per heavy atom. The smallest absolute Gasteiger partial charge is 0.0390 e. The number of hydrogen-bond acceptors (Lipinski definition) is 1. The standard InChI is InChI=1S/C46H33N/c1-4-14-33(15-5-1)39-31-44(35-16-6-2-7-17-35)46(45(32-39)36-18-8-3-9-19-36)38-22-12-23-41(30-38)47-40-28-26-37(27-29-40)43-25-13-21-34-20-10-11-24-42(34)43/h1-32,47H. The van der Waals surface area contributed by atoms with Gasteiger partial charge in [0.1, 0.15) is 0 Å². The Labute approximate surface area is 276 Å². The lowest BCUT2D eigenvalue weighted by Gasteiger charge is -2.20. The number of hydrogen-bond donors (Lipinski definition) is 1. The van der Waals surface area contributed by atoms with Crippen LogP contribution in [-0.2, 0) is 0 Å². The van der Waals surface area contributed by atoms with Crippen LogP contribution in [0.1, 0.15) is 0 Å². The molecule has 0 aromatic heterocycles. The first-order valence-corrected chi connectivity index (χ1v) is 16.1. The average molecular weight is 600 g/mol. The molecule has 47 heavy (non-hydrogen) atoms. The van der Waals surface area contributed by atoms with Crippen molar-refractivity contribution in [3.63, 3.8) is 0 Å². The maximum Gasteiger partial charge on any atom is 0.0390 e. The predicted molar refractivity (Wildman–Crippen MR) is 201 cm³/mol. The van der Waals surface area contributed by atoms with E-state index in [-0.39, 0.29) is 0 Å². The SMILES string of the molecule is c1ccc(-c2cc(-c3ccccc3)c(-c3cccc(Nc4ccc(-c5cccc6ccccc56)cc4)c3)c(-c3ccccc3)c2)cc1. The van der Waals surface area contributed by atoms with E-state index in [4.69, 9.17) is 0 Å². The molecule has 0 bridgehead atoms. The van der Waals surface area contributed by atoms with E-state index in [2.05, 4.69) is 199 Å². The van der Waals surface area contributed by atoms with Crippen molar-refractivity contribution in [2.24, 2.45) is 0 Å². The Morgan fingerprint density at radius 1 is 0.277 bits per heavy atom. The predicted octanol–water partition coefficient (Wildman–Crippen LogP) is 12.9. The highest BCUT2D eigenvalue weighted by molar-refractivity contribution is 5.99. The average Bonchev–Trinajstić information content (AvgIpc) is 3.15. The molecule has 0 amide bonds. The Kier molecular flexibility index (Phi) is 7.63. The van der Waals surface area contributed by atoms with Crippen molar-refractivity contribution in [1.29, 1.82) is 0 Å². The number of benzene rings is 8. The zero-order chi connectivity index (χ0) is 31.4. The topological polar surface area (TPSA) is 12.0 Å². The summed E-state index contributed by atoms with van der Waals surface area (Å²) < 4.78 is 0. The summed E-state index contributed by atoms with van der Waals surface area (Å²) in [6.45, 7) is 0. The molecule has 8 rings (SSSR count). The molecule has 222 valence electrons. The van der Waals surface area contributed by atoms with Crippen LogP contribution in [0, 0.1) is 0 Å². The molecule has 0 heterocycles. The lowest BCUT2D eigenvalue weighted by Crippen LogP contribution is -1.95. The summed E-state index contributed by atoms with van der Waals surface area (Å²) in [5.74, 6) is 0. The van der Waals surface area contributed by atoms with Gasteiger partial charge in [-0.3, -0.25) is 0 Å². The molecule has 0 spiro atoms. The van der Waals surface area contributed by atoms with Crippen LogP contribution in [0.3, 0.4) is 0 Å². The maximum atomic E-state index is 3.69. The zero-order valence-corrected chi connectivity index (χ0v) is 26.0. The molecular formula is C46H33N. The second-order valence-electron chi connectivity index (χ2n) is 11.9. The summed E-state index contributed by atoms with van der Waals surface area (Å²) in [7, 11) is 0. The normalized spacial score (nSPS) is 11.0. The van der Waals surface area contributed by atoms with Crippen LogP contribution in [0.5, 0.6) is 0 Å². The molecule has 0 aliphatic rings. The minimum Gasteiger partial charge on any atom is -0.356 e. The van der Waals surface area contributed by atoms with Crippen molar-refractivity contribution in [3.05, 3.63) is 194 Å². The van der Waals surface area contributed by atoms with E-state index in [9.17, 15) is 0 Å². The van der Waals surface area contributed by atoms with Crippen molar-refractivity contribution in [1.82, 2.24) is 0 Å². The Morgan fingerprint density at radius 3 is 1.45 bits per heavy atom. The summed E-state index contributed by atoms with van der Waals surface area (Å²) in [6, 6.07) is 69.5.